The Balaban J connectivity index is 1.67. The quantitative estimate of drug-likeness (QED) is 0.772. The third kappa shape index (κ3) is 4.64. The van der Waals surface area contributed by atoms with E-state index in [4.69, 9.17) is 4.74 Å². The van der Waals surface area contributed by atoms with E-state index in [1.807, 2.05) is 0 Å². The van der Waals surface area contributed by atoms with Crippen LogP contribution in [0, 0.1) is 0 Å². The number of alkyl halides is 3. The average molecular weight is 395 g/mol. The number of hydrogen-bond donors (Lipinski definition) is 0. The number of benzene rings is 1. The standard InChI is InChI=1S/C17H11F3N2O4S/c18-17(19,20)10-3-6-13(21-8-10)26-11-4-1-9(2-5-11)16-22-15(25)12(27-16)7-14(23)24/h1-6,8,12H,7H2,(H,23,24)/p-1/t12-/m0/s1. The first kappa shape index (κ1) is 18.9. The molecule has 1 atom stereocenters. The molecule has 0 spiro atoms. The number of aromatic nitrogens is 1. The van der Waals surface area contributed by atoms with Crippen LogP contribution in [0.5, 0.6) is 11.6 Å². The van der Waals surface area contributed by atoms with E-state index in [9.17, 15) is 27.9 Å². The van der Waals surface area contributed by atoms with Gasteiger partial charge in [-0.05, 0) is 30.3 Å². The van der Waals surface area contributed by atoms with Gasteiger partial charge in [-0.15, -0.1) is 0 Å². The fraction of sp³-hybridized carbons (Fsp3) is 0.176. The molecule has 2 heterocycles. The number of carbonyl (C=O) groups is 2. The summed E-state index contributed by atoms with van der Waals surface area (Å²) in [6.07, 6.45) is -4.22. The second-order valence-corrected chi connectivity index (χ2v) is 6.64. The van der Waals surface area contributed by atoms with Crippen molar-refractivity contribution in [3.05, 3.63) is 53.7 Å². The van der Waals surface area contributed by atoms with Crippen molar-refractivity contribution in [3.63, 3.8) is 0 Å². The highest BCUT2D eigenvalue weighted by atomic mass is 32.2. The number of amides is 1. The van der Waals surface area contributed by atoms with Gasteiger partial charge in [0.25, 0.3) is 5.91 Å². The molecule has 0 saturated heterocycles. The molecule has 3 rings (SSSR count). The number of aliphatic imine (C=N–C) groups is 1. The zero-order valence-electron chi connectivity index (χ0n) is 13.4. The zero-order valence-corrected chi connectivity index (χ0v) is 14.2. The maximum Gasteiger partial charge on any atom is 0.417 e. The summed E-state index contributed by atoms with van der Waals surface area (Å²) in [4.78, 5) is 29.8. The largest absolute Gasteiger partial charge is 0.550 e. The number of hydrogen-bond acceptors (Lipinski definition) is 6. The van der Waals surface area contributed by atoms with Gasteiger partial charge in [-0.2, -0.15) is 13.2 Å². The molecule has 0 unspecified atom stereocenters. The van der Waals surface area contributed by atoms with Crippen LogP contribution >= 0.6 is 11.8 Å². The predicted molar refractivity (Wildman–Crippen MR) is 88.3 cm³/mol. The molecule has 0 radical (unpaired) electrons. The molecular formula is C17H10F3N2O4S-. The van der Waals surface area contributed by atoms with Gasteiger partial charge in [0.1, 0.15) is 10.8 Å². The van der Waals surface area contributed by atoms with Crippen LogP contribution in [0.4, 0.5) is 13.2 Å². The number of nitrogens with zero attached hydrogens (tertiary/aromatic N) is 2. The van der Waals surface area contributed by atoms with Crippen molar-refractivity contribution in [2.24, 2.45) is 4.99 Å². The highest BCUT2D eigenvalue weighted by Gasteiger charge is 2.31. The fourth-order valence-electron chi connectivity index (χ4n) is 2.19. The Bertz CT molecular complexity index is 896. The Morgan fingerprint density at radius 3 is 2.44 bits per heavy atom. The van der Waals surface area contributed by atoms with Crippen LogP contribution in [0.25, 0.3) is 0 Å². The number of carboxylic acid groups (broad SMARTS) is 1. The Morgan fingerprint density at radius 1 is 1.19 bits per heavy atom. The molecule has 2 aromatic rings. The highest BCUT2D eigenvalue weighted by Crippen LogP contribution is 2.31. The van der Waals surface area contributed by atoms with Crippen LogP contribution in [0.15, 0.2) is 47.6 Å². The number of carboxylic acids is 1. The Labute approximate surface area is 155 Å². The van der Waals surface area contributed by atoms with Gasteiger partial charge in [0.2, 0.25) is 5.88 Å². The van der Waals surface area contributed by atoms with Crippen molar-refractivity contribution in [3.8, 4) is 11.6 Å². The summed E-state index contributed by atoms with van der Waals surface area (Å²) in [7, 11) is 0. The third-order valence-corrected chi connectivity index (χ3v) is 4.68. The zero-order chi connectivity index (χ0) is 19.6. The van der Waals surface area contributed by atoms with E-state index in [1.165, 1.54) is 12.1 Å². The molecule has 0 N–H and O–H groups in total. The van der Waals surface area contributed by atoms with E-state index < -0.39 is 35.3 Å². The summed E-state index contributed by atoms with van der Waals surface area (Å²) in [6.45, 7) is 0. The number of carbonyl (C=O) groups excluding carboxylic acids is 2. The molecule has 10 heteroatoms. The fourth-order valence-corrected chi connectivity index (χ4v) is 3.25. The lowest BCUT2D eigenvalue weighted by Crippen LogP contribution is -2.28. The maximum absolute atomic E-state index is 12.5. The van der Waals surface area contributed by atoms with Crippen molar-refractivity contribution in [1.29, 1.82) is 0 Å². The van der Waals surface area contributed by atoms with E-state index in [0.717, 1.165) is 23.9 Å². The van der Waals surface area contributed by atoms with Gasteiger partial charge in [0.05, 0.1) is 10.8 Å². The summed E-state index contributed by atoms with van der Waals surface area (Å²) in [5.74, 6) is -1.54. The normalized spacial score (nSPS) is 16.9. The summed E-state index contributed by atoms with van der Waals surface area (Å²) < 4.78 is 42.9. The van der Waals surface area contributed by atoms with Crippen molar-refractivity contribution in [2.45, 2.75) is 17.8 Å². The van der Waals surface area contributed by atoms with Gasteiger partial charge in [0.15, 0.2) is 0 Å². The number of thioether (sulfide) groups is 1. The number of halogens is 3. The first-order valence-corrected chi connectivity index (χ1v) is 8.41. The first-order valence-electron chi connectivity index (χ1n) is 7.53. The lowest BCUT2D eigenvalue weighted by atomic mass is 10.2. The molecule has 1 aliphatic heterocycles. The van der Waals surface area contributed by atoms with Gasteiger partial charge in [-0.25, -0.2) is 9.98 Å². The molecule has 0 fully saturated rings. The van der Waals surface area contributed by atoms with E-state index in [0.29, 0.717) is 22.6 Å². The summed E-state index contributed by atoms with van der Waals surface area (Å²) >= 11 is 1.03. The predicted octanol–water partition coefficient (Wildman–Crippen LogP) is 2.42. The molecule has 1 aromatic heterocycles. The van der Waals surface area contributed by atoms with Gasteiger partial charge in [-0.3, -0.25) is 4.79 Å². The summed E-state index contributed by atoms with van der Waals surface area (Å²) in [5, 5.41) is 10.2. The first-order chi connectivity index (χ1) is 12.7. The molecule has 0 bridgehead atoms. The van der Waals surface area contributed by atoms with Gasteiger partial charge < -0.3 is 14.6 Å². The third-order valence-electron chi connectivity index (χ3n) is 3.48. The number of pyridine rings is 1. The Morgan fingerprint density at radius 2 is 1.89 bits per heavy atom. The van der Waals surface area contributed by atoms with Gasteiger partial charge in [-0.1, -0.05) is 11.8 Å². The maximum atomic E-state index is 12.5. The SMILES string of the molecule is O=C([O-])C[C@@H]1SC(c2ccc(Oc3ccc(C(F)(F)F)cn3)cc2)=NC1=O. The van der Waals surface area contributed by atoms with E-state index in [1.54, 1.807) is 12.1 Å². The molecule has 1 amide bonds. The lowest BCUT2D eigenvalue weighted by Gasteiger charge is -2.09. The van der Waals surface area contributed by atoms with Crippen molar-refractivity contribution in [2.75, 3.05) is 0 Å². The summed E-state index contributed by atoms with van der Waals surface area (Å²) in [6, 6.07) is 8.24. The summed E-state index contributed by atoms with van der Waals surface area (Å²) in [5.41, 5.74) is -0.292. The minimum Gasteiger partial charge on any atom is -0.550 e. The van der Waals surface area contributed by atoms with Crippen molar-refractivity contribution >= 4 is 28.7 Å². The van der Waals surface area contributed by atoms with E-state index in [-0.39, 0.29) is 5.88 Å². The monoisotopic (exact) mass is 395 g/mol. The lowest BCUT2D eigenvalue weighted by molar-refractivity contribution is -0.305. The molecule has 1 aliphatic rings. The molecule has 6 nitrogen and oxygen atoms in total. The second kappa shape index (κ2) is 7.39. The topological polar surface area (TPSA) is 91.7 Å². The Kier molecular flexibility index (Phi) is 5.17. The van der Waals surface area contributed by atoms with E-state index in [2.05, 4.69) is 9.98 Å². The number of aliphatic carboxylic acids is 1. The second-order valence-electron chi connectivity index (χ2n) is 5.45. The molecular weight excluding hydrogens is 385 g/mol. The molecule has 140 valence electrons. The van der Waals surface area contributed by atoms with Gasteiger partial charge >= 0.3 is 6.18 Å². The molecule has 27 heavy (non-hydrogen) atoms. The van der Waals surface area contributed by atoms with Crippen LogP contribution in [0.1, 0.15) is 17.5 Å². The van der Waals surface area contributed by atoms with Crippen molar-refractivity contribution in [1.82, 2.24) is 4.98 Å². The van der Waals surface area contributed by atoms with Crippen LogP contribution in [0.2, 0.25) is 0 Å². The van der Waals surface area contributed by atoms with E-state index >= 15 is 0 Å². The Hall–Kier alpha value is -2.88. The number of rotatable bonds is 5. The van der Waals surface area contributed by atoms with Crippen LogP contribution in [-0.4, -0.2) is 27.2 Å². The minimum absolute atomic E-state index is 0.00691. The average Bonchev–Trinajstić information content (AvgIpc) is 2.95. The minimum atomic E-state index is -4.47. The molecule has 0 saturated carbocycles. The van der Waals surface area contributed by atoms with Crippen LogP contribution in [-0.2, 0) is 15.8 Å². The van der Waals surface area contributed by atoms with Crippen LogP contribution < -0.4 is 9.84 Å². The smallest absolute Gasteiger partial charge is 0.417 e. The highest BCUT2D eigenvalue weighted by molar-refractivity contribution is 8.16. The molecule has 1 aromatic carbocycles. The molecule has 0 aliphatic carbocycles. The van der Waals surface area contributed by atoms with Crippen molar-refractivity contribution < 1.29 is 32.6 Å². The van der Waals surface area contributed by atoms with Crippen LogP contribution in [0.3, 0.4) is 0 Å². The van der Waals surface area contributed by atoms with Gasteiger partial charge in [0, 0.05) is 30.2 Å². The number of ether oxygens (including phenoxy) is 1.